The minimum absolute atomic E-state index is 0. The molecular weight excluding hydrogens is 264 g/mol. The highest BCUT2D eigenvalue weighted by atomic mass is 24.3. The lowest BCUT2D eigenvalue weighted by Crippen LogP contribution is -2.09. The lowest BCUT2D eigenvalue weighted by Gasteiger charge is -2.00. The summed E-state index contributed by atoms with van der Waals surface area (Å²) in [7, 11) is 0. The van der Waals surface area contributed by atoms with Gasteiger partial charge in [0.2, 0.25) is 0 Å². The third-order valence-corrected chi connectivity index (χ3v) is 1.46. The highest BCUT2D eigenvalue weighted by Crippen LogP contribution is 2.09. The zero-order valence-corrected chi connectivity index (χ0v) is 8.43. The highest BCUT2D eigenvalue weighted by Gasteiger charge is 2.16. The third kappa shape index (κ3) is 7.13. The lowest BCUT2D eigenvalue weighted by atomic mass is 10.1. The van der Waals surface area contributed by atoms with E-state index < -0.39 is 11.9 Å². The predicted octanol–water partition coefficient (Wildman–Crippen LogP) is -3.20. The molecule has 1 rings (SSSR count). The van der Waals surface area contributed by atoms with Crippen molar-refractivity contribution in [3.63, 3.8) is 0 Å². The maximum atomic E-state index is 10.8. The van der Waals surface area contributed by atoms with Crippen LogP contribution in [0, 0.1) is 0 Å². The summed E-state index contributed by atoms with van der Waals surface area (Å²) < 4.78 is 0. The van der Waals surface area contributed by atoms with E-state index in [0.29, 0.717) is 0 Å². The van der Waals surface area contributed by atoms with Crippen molar-refractivity contribution in [3.8, 4) is 0 Å². The molecule has 0 aliphatic carbocycles. The van der Waals surface area contributed by atoms with E-state index in [1.807, 2.05) is 0 Å². The summed E-state index contributed by atoms with van der Waals surface area (Å²) in [4.78, 5) is 24.8. The Morgan fingerprint density at radius 2 is 1.33 bits per heavy atom. The quantitative estimate of drug-likeness (QED) is 0.324. The van der Waals surface area contributed by atoms with Crippen molar-refractivity contribution in [3.05, 3.63) is 35.4 Å². The maximum Gasteiger partial charge on any atom is 0.373 e. The fourth-order valence-corrected chi connectivity index (χ4v) is 0.897. The average molecular weight is 281 g/mol. The van der Waals surface area contributed by atoms with Crippen LogP contribution < -0.4 is 0 Å². The molecule has 0 aliphatic rings. The van der Waals surface area contributed by atoms with Gasteiger partial charge in [-0.2, -0.15) is 5.26 Å². The van der Waals surface area contributed by atoms with E-state index in [9.17, 15) is 9.59 Å². The van der Waals surface area contributed by atoms with Gasteiger partial charge in [-0.25, -0.2) is 9.59 Å². The molecule has 0 radical (unpaired) electrons. The second-order valence-corrected chi connectivity index (χ2v) is 2.23. The molecule has 1 aromatic rings. The Morgan fingerprint density at radius 3 is 1.67 bits per heavy atom. The van der Waals surface area contributed by atoms with Crippen LogP contribution in [0.4, 0.5) is 0 Å². The van der Waals surface area contributed by atoms with Crippen molar-refractivity contribution in [1.29, 1.82) is 0 Å². The fraction of sp³-hybridized carbons (Fsp3) is 0. The molecule has 0 aromatic heterocycles. The van der Waals surface area contributed by atoms with Gasteiger partial charge in [-0.05, 0) is 12.1 Å². The fourth-order valence-electron chi connectivity index (χ4n) is 0.897. The molecule has 0 unspecified atom stereocenters. The van der Waals surface area contributed by atoms with Gasteiger partial charge in [0.25, 0.3) is 0 Å². The second kappa shape index (κ2) is 13.8. The molecule has 104 valence electrons. The van der Waals surface area contributed by atoms with Crippen molar-refractivity contribution in [2.24, 2.45) is 0 Å². The molecule has 18 heavy (non-hydrogen) atoms. The number of hydrogen-bond donors (Lipinski definition) is 2. The van der Waals surface area contributed by atoms with Crippen LogP contribution in [0.1, 0.15) is 20.7 Å². The second-order valence-electron chi connectivity index (χ2n) is 2.23. The van der Waals surface area contributed by atoms with Gasteiger partial charge in [0, 0.05) is 0 Å². The summed E-state index contributed by atoms with van der Waals surface area (Å²) in [6.07, 6.45) is 0. The van der Waals surface area contributed by atoms with E-state index in [1.54, 1.807) is 0 Å². The number of carboxylic acids is 1. The number of benzene rings is 1. The van der Waals surface area contributed by atoms with Gasteiger partial charge < -0.3 is 27.0 Å². The Morgan fingerprint density at radius 1 is 0.944 bits per heavy atom. The normalized spacial score (nSPS) is 6.72. The zero-order chi connectivity index (χ0) is 9.84. The molecule has 10 heteroatoms. The number of carbonyl (C=O) groups is 2. The Kier molecular flexibility index (Phi) is 23.0. The van der Waals surface area contributed by atoms with Crippen LogP contribution in [-0.4, -0.2) is 67.3 Å². The van der Waals surface area contributed by atoms with Crippen LogP contribution in [0.15, 0.2) is 24.3 Å². The molecule has 0 spiro atoms. The summed E-state index contributed by atoms with van der Waals surface area (Å²) in [6, 6.07) is 5.44. The average Bonchev–Trinajstić information content (AvgIpc) is 2.16. The molecule has 0 aliphatic heterocycles. The molecule has 0 heterocycles. The maximum absolute atomic E-state index is 10.8. The Labute approximate surface area is 117 Å². The van der Waals surface area contributed by atoms with Crippen LogP contribution in [0.5, 0.6) is 0 Å². The first-order chi connectivity index (χ1) is 6.16. The van der Waals surface area contributed by atoms with Crippen molar-refractivity contribution in [2.45, 2.75) is 0 Å². The number of carbonyl (C=O) groups excluding carboxylic acids is 1. The highest BCUT2D eigenvalue weighted by molar-refractivity contribution is 6.02. The van der Waals surface area contributed by atoms with Gasteiger partial charge in [-0.1, -0.05) is 12.1 Å². The van der Waals surface area contributed by atoms with Gasteiger partial charge in [-0.15, -0.1) is 0 Å². The largest absolute Gasteiger partial charge is 0.478 e. The van der Waals surface area contributed by atoms with Crippen molar-refractivity contribution >= 4 is 35.0 Å². The number of aromatic carboxylic acids is 1. The molecule has 0 saturated heterocycles. The minimum Gasteiger partial charge on any atom is -0.478 e. The van der Waals surface area contributed by atoms with E-state index in [4.69, 9.17) is 10.4 Å². The molecular formula is C8H16MgO9. The zero-order valence-electron chi connectivity index (χ0n) is 8.43. The molecule has 10 N–H and O–H groups in total. The van der Waals surface area contributed by atoms with E-state index in [0.717, 1.165) is 0 Å². The molecule has 0 fully saturated rings. The van der Waals surface area contributed by atoms with Crippen LogP contribution in [0.2, 0.25) is 0 Å². The molecule has 0 atom stereocenters. The van der Waals surface area contributed by atoms with Crippen LogP contribution >= 0.6 is 0 Å². The summed E-state index contributed by atoms with van der Waals surface area (Å²) in [5.41, 5.74) is -0.390. The molecule has 9 nitrogen and oxygen atoms in total. The lowest BCUT2D eigenvalue weighted by molar-refractivity contribution is -0.182. The van der Waals surface area contributed by atoms with Crippen LogP contribution in [0.25, 0.3) is 0 Å². The third-order valence-electron chi connectivity index (χ3n) is 1.46. The predicted molar refractivity (Wildman–Crippen MR) is 64.4 cm³/mol. The first-order valence-corrected chi connectivity index (χ1v) is 3.35. The van der Waals surface area contributed by atoms with E-state index in [2.05, 4.69) is 4.89 Å². The standard InChI is InChI=1S/C8H6O5.Mg.4H2O.2H/c9-7(10)5-3-1-2-4-6(5)8(11)13-12;;;;;;;/h1-4,12H,(H,9,10);;4*1H2;;. The number of carboxylic acid groups (broad SMARTS) is 1. The van der Waals surface area contributed by atoms with Crippen LogP contribution in [0.3, 0.4) is 0 Å². The van der Waals surface area contributed by atoms with E-state index in [-0.39, 0.29) is 56.1 Å². The monoisotopic (exact) mass is 280 g/mol. The summed E-state index contributed by atoms with van der Waals surface area (Å²) >= 11 is 0. The molecule has 1 aromatic carbocycles. The Bertz CT molecular complexity index is 354. The smallest absolute Gasteiger partial charge is 0.373 e. The Hall–Kier alpha value is -1.27. The van der Waals surface area contributed by atoms with Crippen LogP contribution in [-0.2, 0) is 4.89 Å². The topological polar surface area (TPSA) is 210 Å². The minimum atomic E-state index is -1.25. The summed E-state index contributed by atoms with van der Waals surface area (Å²) in [5.74, 6) is -2.33. The molecule has 0 saturated carbocycles. The first kappa shape index (κ1) is 30.1. The van der Waals surface area contributed by atoms with Gasteiger partial charge in [0.05, 0.1) is 11.1 Å². The van der Waals surface area contributed by atoms with Gasteiger partial charge in [-0.3, -0.25) is 4.89 Å². The van der Waals surface area contributed by atoms with Crippen molar-refractivity contribution in [1.82, 2.24) is 0 Å². The van der Waals surface area contributed by atoms with Crippen molar-refractivity contribution < 1.29 is 46.7 Å². The number of hydrogen-bond acceptors (Lipinski definition) is 4. The van der Waals surface area contributed by atoms with Gasteiger partial charge in [0.15, 0.2) is 0 Å². The SMILES string of the molecule is O.O.O.O.O=C(O)c1ccccc1C(=O)OO.[MgH2]. The molecule has 0 amide bonds. The van der Waals surface area contributed by atoms with Gasteiger partial charge >= 0.3 is 35.0 Å². The summed E-state index contributed by atoms with van der Waals surface area (Å²) in [5, 5.41) is 16.7. The van der Waals surface area contributed by atoms with E-state index in [1.165, 1.54) is 24.3 Å². The number of rotatable bonds is 2. The van der Waals surface area contributed by atoms with E-state index >= 15 is 0 Å². The van der Waals surface area contributed by atoms with Gasteiger partial charge in [0.1, 0.15) is 0 Å². The Balaban J connectivity index is -0.000000113. The summed E-state index contributed by atoms with van der Waals surface area (Å²) in [6.45, 7) is 0. The first-order valence-electron chi connectivity index (χ1n) is 3.35. The molecule has 0 bridgehead atoms. The van der Waals surface area contributed by atoms with Crippen molar-refractivity contribution in [2.75, 3.05) is 0 Å².